The van der Waals surface area contributed by atoms with Gasteiger partial charge in [-0.05, 0) is 51.1 Å². The summed E-state index contributed by atoms with van der Waals surface area (Å²) >= 11 is 0. The number of piperidine rings is 1. The number of carbonyl (C=O) groups excluding carboxylic acids is 3. The summed E-state index contributed by atoms with van der Waals surface area (Å²) < 4.78 is 21.0. The second kappa shape index (κ2) is 10.8. The zero-order valence-electron chi connectivity index (χ0n) is 23.2. The second-order valence-electron chi connectivity index (χ2n) is 11.2. The van der Waals surface area contributed by atoms with Crippen LogP contribution in [0.15, 0.2) is 24.0 Å². The van der Waals surface area contributed by atoms with Crippen molar-refractivity contribution in [3.8, 4) is 11.5 Å². The van der Waals surface area contributed by atoms with Gasteiger partial charge in [0.15, 0.2) is 29.8 Å². The van der Waals surface area contributed by atoms with E-state index in [-0.39, 0.29) is 29.7 Å². The second-order valence-corrected chi connectivity index (χ2v) is 11.2. The molecule has 1 fully saturated rings. The number of hydrogen-bond acceptors (Lipinski definition) is 13. The first-order valence-corrected chi connectivity index (χ1v) is 13.6. The van der Waals surface area contributed by atoms with E-state index in [2.05, 4.69) is 9.64 Å². The normalized spacial score (nSPS) is 28.7. The number of ether oxygens (including phenoxy) is 4. The summed E-state index contributed by atoms with van der Waals surface area (Å²) in [5.74, 6) is -6.98. The summed E-state index contributed by atoms with van der Waals surface area (Å²) in [6.45, 7) is 1.64. The van der Waals surface area contributed by atoms with Gasteiger partial charge < -0.3 is 49.4 Å². The molecule has 1 aromatic rings. The highest BCUT2D eigenvalue weighted by Crippen LogP contribution is 2.65. The lowest BCUT2D eigenvalue weighted by Gasteiger charge is -2.61. The van der Waals surface area contributed by atoms with Gasteiger partial charge in [0, 0.05) is 18.0 Å². The third-order valence-corrected chi connectivity index (χ3v) is 8.74. The lowest BCUT2D eigenvalue weighted by atomic mass is 9.50. The van der Waals surface area contributed by atoms with Crippen LogP contribution in [-0.4, -0.2) is 110 Å². The number of likely N-dealkylation sites (tertiary alicyclic amines) is 1. The summed E-state index contributed by atoms with van der Waals surface area (Å²) in [4.78, 5) is 61.2. The van der Waals surface area contributed by atoms with E-state index in [1.807, 2.05) is 7.05 Å². The molecule has 2 aliphatic carbocycles. The van der Waals surface area contributed by atoms with Crippen molar-refractivity contribution in [1.29, 1.82) is 0 Å². The van der Waals surface area contributed by atoms with Crippen LogP contribution < -0.4 is 4.74 Å². The lowest BCUT2D eigenvalue weighted by Crippen LogP contribution is -2.74. The standard InChI is InChI=1S/C28H31NO14/c1-12(25(37)42-17(24(35)36)11-19(32)33)40-20(34)10-15(31)26(38)41-16-5-6-28(39)18-9-13-3-4-14(30)22-21(13)27(28,23(16)43-22)7-8-29(18)2/h3-5,12,15,17-18,23,30-31,39H,6-11H2,1-2H3,(H,32,33)(H,35,36)/t12-,15-,17-,18+,23-,27-,28+/m0/s1. The number of aliphatic hydroxyl groups excluding tert-OH is 1. The molecule has 4 aliphatic rings. The number of nitrogens with zero attached hydrogens (tertiary/aromatic N) is 1. The van der Waals surface area contributed by atoms with Gasteiger partial charge in [-0.25, -0.2) is 14.4 Å². The molecule has 0 saturated carbocycles. The molecule has 1 spiro atoms. The van der Waals surface area contributed by atoms with Crippen LogP contribution in [0.2, 0.25) is 0 Å². The SMILES string of the molecule is C[C@H](OC(=O)C[C@H](O)C(=O)OC1=CC[C@@]2(O)[C@H]3Cc4ccc(O)c5c4[C@@]2(CCN3C)[C@H]1O5)C(=O)O[C@@H](CC(=O)O)C(=O)O. The summed E-state index contributed by atoms with van der Waals surface area (Å²) in [7, 11) is 1.92. The largest absolute Gasteiger partial charge is 0.504 e. The number of benzene rings is 1. The Balaban J connectivity index is 1.26. The smallest absolute Gasteiger partial charge is 0.348 e. The van der Waals surface area contributed by atoms with Gasteiger partial charge in [-0.1, -0.05) is 6.07 Å². The highest BCUT2D eigenvalue weighted by atomic mass is 16.6. The number of phenols is 1. The van der Waals surface area contributed by atoms with Gasteiger partial charge >= 0.3 is 29.8 Å². The average Bonchev–Trinajstić information content (AvgIpc) is 3.29. The van der Waals surface area contributed by atoms with E-state index in [0.29, 0.717) is 24.9 Å². The van der Waals surface area contributed by atoms with Crippen molar-refractivity contribution in [2.24, 2.45) is 0 Å². The van der Waals surface area contributed by atoms with Crippen molar-refractivity contribution < 1.29 is 68.5 Å². The predicted octanol–water partition coefficient (Wildman–Crippen LogP) is -0.633. The van der Waals surface area contributed by atoms with Gasteiger partial charge in [0.05, 0.1) is 23.9 Å². The maximum atomic E-state index is 12.9. The minimum atomic E-state index is -2.04. The van der Waals surface area contributed by atoms with Crippen LogP contribution in [0.5, 0.6) is 11.5 Å². The van der Waals surface area contributed by atoms with Crippen LogP contribution in [0.1, 0.15) is 43.7 Å². The lowest BCUT2D eigenvalue weighted by molar-refractivity contribution is -0.179. The van der Waals surface area contributed by atoms with E-state index in [0.717, 1.165) is 12.5 Å². The number of aliphatic hydroxyl groups is 2. The number of likely N-dealkylation sites (N-methyl/N-ethyl adjacent to an activating group) is 1. The topological polar surface area (TPSA) is 227 Å². The molecule has 1 saturated heterocycles. The maximum Gasteiger partial charge on any atom is 0.348 e. The summed E-state index contributed by atoms with van der Waals surface area (Å²) in [5, 5.41) is 50.9. The molecule has 2 bridgehead atoms. The average molecular weight is 606 g/mol. The monoisotopic (exact) mass is 605 g/mol. The Labute approximate surface area is 244 Å². The zero-order valence-corrected chi connectivity index (χ0v) is 23.2. The van der Waals surface area contributed by atoms with E-state index in [9.17, 15) is 39.3 Å². The number of rotatable bonds is 10. The van der Waals surface area contributed by atoms with Crippen molar-refractivity contribution >= 4 is 29.8 Å². The minimum Gasteiger partial charge on any atom is -0.504 e. The molecule has 0 unspecified atom stereocenters. The minimum absolute atomic E-state index is 0.00364. The molecule has 43 heavy (non-hydrogen) atoms. The third-order valence-electron chi connectivity index (χ3n) is 8.74. The van der Waals surface area contributed by atoms with Crippen molar-refractivity contribution in [3.63, 3.8) is 0 Å². The molecule has 0 aromatic heterocycles. The predicted molar refractivity (Wildman–Crippen MR) is 139 cm³/mol. The number of carbonyl (C=O) groups is 5. The number of esters is 3. The van der Waals surface area contributed by atoms with E-state index in [1.54, 1.807) is 6.07 Å². The number of aliphatic carboxylic acids is 2. The number of carboxylic acid groups (broad SMARTS) is 2. The molecule has 5 N–H and O–H groups in total. The van der Waals surface area contributed by atoms with Gasteiger partial charge in [0.1, 0.15) is 5.76 Å². The quantitative estimate of drug-likeness (QED) is 0.165. The van der Waals surface area contributed by atoms with Crippen LogP contribution in [0.4, 0.5) is 0 Å². The van der Waals surface area contributed by atoms with Gasteiger partial charge in [-0.15, -0.1) is 0 Å². The molecule has 0 amide bonds. The fraction of sp³-hybridized carbons (Fsp3) is 0.536. The number of hydrogen-bond donors (Lipinski definition) is 5. The Bertz CT molecular complexity index is 1420. The van der Waals surface area contributed by atoms with Crippen LogP contribution in [0.25, 0.3) is 0 Å². The van der Waals surface area contributed by atoms with E-state index in [4.69, 9.17) is 24.4 Å². The Hall–Kier alpha value is -4.21. The highest BCUT2D eigenvalue weighted by molar-refractivity contribution is 5.86. The van der Waals surface area contributed by atoms with Crippen molar-refractivity contribution in [2.75, 3.05) is 13.6 Å². The van der Waals surface area contributed by atoms with Crippen LogP contribution in [0.3, 0.4) is 0 Å². The molecule has 15 heteroatoms. The zero-order chi connectivity index (χ0) is 31.4. The fourth-order valence-corrected chi connectivity index (χ4v) is 6.73. The maximum absolute atomic E-state index is 12.9. The van der Waals surface area contributed by atoms with Gasteiger partial charge in [0.2, 0.25) is 6.10 Å². The van der Waals surface area contributed by atoms with E-state index < -0.39 is 78.1 Å². The van der Waals surface area contributed by atoms with Crippen LogP contribution in [-0.2, 0) is 50.0 Å². The molecule has 2 aliphatic heterocycles. The highest BCUT2D eigenvalue weighted by Gasteiger charge is 2.72. The van der Waals surface area contributed by atoms with Gasteiger partial charge in [-0.3, -0.25) is 9.59 Å². The first-order chi connectivity index (χ1) is 20.2. The Morgan fingerprint density at radius 1 is 1.12 bits per heavy atom. The number of carboxylic acids is 2. The molecular formula is C28H31NO14. The molecule has 1 aromatic carbocycles. The molecule has 0 radical (unpaired) electrons. The van der Waals surface area contributed by atoms with Gasteiger partial charge in [0.25, 0.3) is 0 Å². The number of phenolic OH excluding ortho intramolecular Hbond substituents is 1. The first-order valence-electron chi connectivity index (χ1n) is 13.6. The van der Waals surface area contributed by atoms with Crippen molar-refractivity contribution in [1.82, 2.24) is 4.90 Å². The molecular weight excluding hydrogens is 574 g/mol. The number of aromatic hydroxyl groups is 1. The third kappa shape index (κ3) is 4.86. The summed E-state index contributed by atoms with van der Waals surface area (Å²) in [5.41, 5.74) is -0.768. The summed E-state index contributed by atoms with van der Waals surface area (Å²) in [6, 6.07) is 3.03. The molecule has 15 nitrogen and oxygen atoms in total. The Kier molecular flexibility index (Phi) is 7.61. The molecule has 2 heterocycles. The van der Waals surface area contributed by atoms with E-state index >= 15 is 0 Å². The molecule has 7 atom stereocenters. The molecule has 232 valence electrons. The first kappa shape index (κ1) is 30.3. The van der Waals surface area contributed by atoms with Crippen molar-refractivity contribution in [2.45, 2.75) is 80.5 Å². The van der Waals surface area contributed by atoms with Gasteiger partial charge in [-0.2, -0.15) is 0 Å². The Morgan fingerprint density at radius 2 is 1.84 bits per heavy atom. The molecule has 5 rings (SSSR count). The Morgan fingerprint density at radius 3 is 2.51 bits per heavy atom. The van der Waals surface area contributed by atoms with Crippen LogP contribution >= 0.6 is 0 Å². The van der Waals surface area contributed by atoms with Crippen LogP contribution in [0, 0.1) is 0 Å². The summed E-state index contributed by atoms with van der Waals surface area (Å²) in [6.07, 6.45) is -6.16. The fourth-order valence-electron chi connectivity index (χ4n) is 6.73. The van der Waals surface area contributed by atoms with E-state index in [1.165, 1.54) is 12.1 Å². The van der Waals surface area contributed by atoms with Crippen molar-refractivity contribution in [3.05, 3.63) is 35.1 Å².